The van der Waals surface area contributed by atoms with Gasteiger partial charge in [-0.25, -0.2) is 9.78 Å². The van der Waals surface area contributed by atoms with Gasteiger partial charge in [0, 0.05) is 12.6 Å². The van der Waals surface area contributed by atoms with Crippen molar-refractivity contribution in [3.8, 4) is 11.3 Å². The molecule has 0 amide bonds. The molecule has 0 fully saturated rings. The molecule has 0 saturated heterocycles. The Hall–Kier alpha value is -1.96. The molecular formula is C13H11F3N2O2S. The van der Waals surface area contributed by atoms with Crippen LogP contribution in [0.25, 0.3) is 11.3 Å². The number of rotatable bonds is 3. The third-order valence-corrected chi connectivity index (χ3v) is 3.63. The summed E-state index contributed by atoms with van der Waals surface area (Å²) >= 11 is 1.22. The number of carboxylic acids is 1. The predicted molar refractivity (Wildman–Crippen MR) is 72.4 cm³/mol. The van der Waals surface area contributed by atoms with Crippen LogP contribution in [-0.2, 0) is 13.2 Å². The van der Waals surface area contributed by atoms with Crippen LogP contribution in [0, 0.1) is 0 Å². The number of aromatic carboxylic acids is 1. The Labute approximate surface area is 122 Å². The zero-order chi connectivity index (χ0) is 15.8. The van der Waals surface area contributed by atoms with E-state index in [2.05, 4.69) is 4.98 Å². The van der Waals surface area contributed by atoms with E-state index in [9.17, 15) is 23.1 Å². The molecule has 1 N–H and O–H groups in total. The number of halogens is 3. The molecule has 1 aromatic carbocycles. The molecule has 2 aromatic rings. The summed E-state index contributed by atoms with van der Waals surface area (Å²) in [6.45, 7) is 0. The molecule has 0 radical (unpaired) electrons. The Balaban J connectivity index is 2.67. The van der Waals surface area contributed by atoms with Gasteiger partial charge in [-0.2, -0.15) is 13.2 Å². The monoisotopic (exact) mass is 316 g/mol. The fourth-order valence-electron chi connectivity index (χ4n) is 1.98. The molecule has 0 spiro atoms. The van der Waals surface area contributed by atoms with Crippen molar-refractivity contribution in [2.24, 2.45) is 7.05 Å². The van der Waals surface area contributed by atoms with Crippen LogP contribution in [0.4, 0.5) is 13.2 Å². The molecule has 0 atom stereocenters. The maximum atomic E-state index is 12.8. The van der Waals surface area contributed by atoms with Gasteiger partial charge in [0.2, 0.25) is 0 Å². The van der Waals surface area contributed by atoms with Crippen molar-refractivity contribution >= 4 is 17.7 Å². The highest BCUT2D eigenvalue weighted by atomic mass is 32.2. The van der Waals surface area contributed by atoms with Crippen LogP contribution in [0.15, 0.2) is 29.4 Å². The molecule has 4 nitrogen and oxygen atoms in total. The lowest BCUT2D eigenvalue weighted by Crippen LogP contribution is -2.06. The average molecular weight is 316 g/mol. The first-order valence-corrected chi connectivity index (χ1v) is 6.99. The topological polar surface area (TPSA) is 55.1 Å². The summed E-state index contributed by atoms with van der Waals surface area (Å²) in [5, 5.41) is 9.60. The van der Waals surface area contributed by atoms with E-state index in [1.54, 1.807) is 13.3 Å². The molecule has 0 aliphatic carbocycles. The van der Waals surface area contributed by atoms with Gasteiger partial charge in [-0.3, -0.25) is 0 Å². The number of benzene rings is 1. The van der Waals surface area contributed by atoms with Crippen LogP contribution < -0.4 is 0 Å². The summed E-state index contributed by atoms with van der Waals surface area (Å²) in [5.41, 5.74) is -0.778. The van der Waals surface area contributed by atoms with Crippen LogP contribution >= 0.6 is 11.8 Å². The van der Waals surface area contributed by atoms with Crippen molar-refractivity contribution in [2.75, 3.05) is 6.26 Å². The van der Waals surface area contributed by atoms with Gasteiger partial charge in [0.1, 0.15) is 0 Å². The van der Waals surface area contributed by atoms with Gasteiger partial charge in [-0.05, 0) is 18.4 Å². The van der Waals surface area contributed by atoms with Gasteiger partial charge in [0.05, 0.1) is 11.3 Å². The van der Waals surface area contributed by atoms with E-state index in [0.29, 0.717) is 5.16 Å². The summed E-state index contributed by atoms with van der Waals surface area (Å²) in [5.74, 6) is -1.28. The molecule has 2 rings (SSSR count). The van der Waals surface area contributed by atoms with E-state index in [4.69, 9.17) is 0 Å². The standard InChI is InChI=1S/C13H11F3N2O2S/c1-18-10(9(11(19)20)17-12(18)21-2)7-4-3-5-8(6-7)13(14,15)16/h3-6H,1-2H3,(H,19,20). The Morgan fingerprint density at radius 1 is 1.38 bits per heavy atom. The van der Waals surface area contributed by atoms with Crippen LogP contribution in [0.2, 0.25) is 0 Å². The lowest BCUT2D eigenvalue weighted by atomic mass is 10.1. The van der Waals surface area contributed by atoms with E-state index < -0.39 is 17.7 Å². The summed E-state index contributed by atoms with van der Waals surface area (Å²) < 4.78 is 39.8. The minimum Gasteiger partial charge on any atom is -0.476 e. The Morgan fingerprint density at radius 3 is 2.57 bits per heavy atom. The molecular weight excluding hydrogens is 305 g/mol. The SMILES string of the molecule is CSc1nc(C(=O)O)c(-c2cccc(C(F)(F)F)c2)n1C. The number of thioether (sulfide) groups is 1. The van der Waals surface area contributed by atoms with Crippen LogP contribution in [0.5, 0.6) is 0 Å². The van der Waals surface area contributed by atoms with E-state index >= 15 is 0 Å². The minimum atomic E-state index is -4.49. The second-order valence-corrected chi connectivity index (χ2v) is 5.01. The third kappa shape index (κ3) is 2.90. The Kier molecular flexibility index (Phi) is 3.99. The largest absolute Gasteiger partial charge is 0.476 e. The average Bonchev–Trinajstić information content (AvgIpc) is 2.75. The first-order chi connectivity index (χ1) is 9.75. The number of aromatic nitrogens is 2. The molecule has 0 aliphatic rings. The highest BCUT2D eigenvalue weighted by Gasteiger charge is 2.31. The minimum absolute atomic E-state index is 0.151. The summed E-state index contributed by atoms with van der Waals surface area (Å²) in [6, 6.07) is 4.54. The highest BCUT2D eigenvalue weighted by molar-refractivity contribution is 7.98. The molecule has 0 bridgehead atoms. The van der Waals surface area contributed by atoms with Crippen molar-refractivity contribution in [3.63, 3.8) is 0 Å². The van der Waals surface area contributed by atoms with Crippen molar-refractivity contribution in [3.05, 3.63) is 35.5 Å². The normalized spacial score (nSPS) is 11.7. The number of hydrogen-bond acceptors (Lipinski definition) is 3. The third-order valence-electron chi connectivity index (χ3n) is 2.90. The fourth-order valence-corrected chi connectivity index (χ4v) is 2.53. The van der Waals surface area contributed by atoms with Crippen LogP contribution in [-0.4, -0.2) is 26.9 Å². The zero-order valence-corrected chi connectivity index (χ0v) is 11.9. The smallest absolute Gasteiger partial charge is 0.416 e. The zero-order valence-electron chi connectivity index (χ0n) is 11.1. The number of nitrogens with zero attached hydrogens (tertiary/aromatic N) is 2. The van der Waals surface area contributed by atoms with Crippen molar-refractivity contribution in [1.29, 1.82) is 0 Å². The lowest BCUT2D eigenvalue weighted by Gasteiger charge is -2.10. The molecule has 112 valence electrons. The van der Waals surface area contributed by atoms with Crippen LogP contribution in [0.1, 0.15) is 16.1 Å². The van der Waals surface area contributed by atoms with Crippen molar-refractivity contribution in [1.82, 2.24) is 9.55 Å². The fraction of sp³-hybridized carbons (Fsp3) is 0.231. The second-order valence-electron chi connectivity index (χ2n) is 4.24. The Morgan fingerprint density at radius 2 is 2.05 bits per heavy atom. The quantitative estimate of drug-likeness (QED) is 0.880. The van der Waals surface area contributed by atoms with Gasteiger partial charge in [-0.1, -0.05) is 23.9 Å². The van der Waals surface area contributed by atoms with Gasteiger partial charge in [-0.15, -0.1) is 0 Å². The number of hydrogen-bond donors (Lipinski definition) is 1. The summed E-state index contributed by atoms with van der Waals surface area (Å²) in [6.07, 6.45) is -2.77. The number of alkyl halides is 3. The molecule has 21 heavy (non-hydrogen) atoms. The van der Waals surface area contributed by atoms with Crippen molar-refractivity contribution < 1.29 is 23.1 Å². The van der Waals surface area contributed by atoms with Gasteiger partial charge >= 0.3 is 12.1 Å². The number of carbonyl (C=O) groups is 1. The lowest BCUT2D eigenvalue weighted by molar-refractivity contribution is -0.137. The maximum absolute atomic E-state index is 12.8. The molecule has 1 aromatic heterocycles. The first-order valence-electron chi connectivity index (χ1n) is 5.77. The van der Waals surface area contributed by atoms with Crippen LogP contribution in [0.3, 0.4) is 0 Å². The predicted octanol–water partition coefficient (Wildman–Crippen LogP) is 3.53. The summed E-state index contributed by atoms with van der Waals surface area (Å²) in [4.78, 5) is 15.2. The van der Waals surface area contributed by atoms with E-state index in [-0.39, 0.29) is 17.0 Å². The molecule has 0 unspecified atom stereocenters. The van der Waals surface area contributed by atoms with Gasteiger partial charge in [0.15, 0.2) is 10.9 Å². The van der Waals surface area contributed by atoms with Gasteiger partial charge < -0.3 is 9.67 Å². The molecule has 0 aliphatic heterocycles. The molecule has 1 heterocycles. The molecule has 0 saturated carbocycles. The number of carboxylic acid groups (broad SMARTS) is 1. The maximum Gasteiger partial charge on any atom is 0.416 e. The highest BCUT2D eigenvalue weighted by Crippen LogP contribution is 2.34. The van der Waals surface area contributed by atoms with E-state index in [1.807, 2.05) is 0 Å². The first kappa shape index (κ1) is 15.4. The summed E-state index contributed by atoms with van der Waals surface area (Å²) in [7, 11) is 1.57. The molecule has 8 heteroatoms. The number of imidazole rings is 1. The van der Waals surface area contributed by atoms with Gasteiger partial charge in [0.25, 0.3) is 0 Å². The van der Waals surface area contributed by atoms with E-state index in [0.717, 1.165) is 12.1 Å². The second kappa shape index (κ2) is 5.44. The Bertz CT molecular complexity index is 695. The van der Waals surface area contributed by atoms with E-state index in [1.165, 1.54) is 28.5 Å². The van der Waals surface area contributed by atoms with Crippen molar-refractivity contribution in [2.45, 2.75) is 11.3 Å².